The van der Waals surface area contributed by atoms with Crippen molar-refractivity contribution < 1.29 is 4.42 Å². The topological polar surface area (TPSA) is 16.4 Å². The van der Waals surface area contributed by atoms with Crippen LogP contribution in [0, 0.1) is 0 Å². The predicted octanol–water partition coefficient (Wildman–Crippen LogP) is 15.5. The Hall–Kier alpha value is -7.42. The van der Waals surface area contributed by atoms with Crippen molar-refractivity contribution in [2.24, 2.45) is 0 Å². The maximum atomic E-state index is 6.30. The van der Waals surface area contributed by atoms with Gasteiger partial charge in [0.15, 0.2) is 0 Å². The van der Waals surface area contributed by atoms with Crippen LogP contribution in [-0.2, 0) is 0 Å². The lowest BCUT2D eigenvalue weighted by atomic mass is 9.93. The summed E-state index contributed by atoms with van der Waals surface area (Å²) >= 11 is 0. The molecule has 0 unspecified atom stereocenters. The molecule has 0 saturated heterocycles. The van der Waals surface area contributed by atoms with E-state index in [2.05, 4.69) is 205 Å². The van der Waals surface area contributed by atoms with E-state index in [0.29, 0.717) is 0 Å². The molecule has 0 aliphatic heterocycles. The first-order valence-electron chi connectivity index (χ1n) is 19.2. The third kappa shape index (κ3) is 5.42. The van der Waals surface area contributed by atoms with Crippen LogP contribution in [0.2, 0.25) is 0 Å². The standard InChI is InChI=1S/C54H35NO/c1-3-12-36(13-4-1)37-24-28-43(29-25-37)55(44-30-26-40-22-23-42-33-54-51(35-49(42)48(40)34-44)47-19-9-10-21-53(47)56-54)52-31-27-41(32-50(52)39-14-5-2-6-15-39)46-20-11-17-38-16-7-8-18-45(38)46/h1-35H. The van der Waals surface area contributed by atoms with Crippen LogP contribution in [0.5, 0.6) is 0 Å². The lowest BCUT2D eigenvalue weighted by molar-refractivity contribution is 0.669. The number of rotatable bonds is 6. The molecule has 0 N–H and O–H groups in total. The van der Waals surface area contributed by atoms with Crippen molar-refractivity contribution in [1.29, 1.82) is 0 Å². The Morgan fingerprint density at radius 1 is 0.286 bits per heavy atom. The van der Waals surface area contributed by atoms with Gasteiger partial charge in [0, 0.05) is 27.7 Å². The van der Waals surface area contributed by atoms with Gasteiger partial charge in [0.05, 0.1) is 5.69 Å². The van der Waals surface area contributed by atoms with Gasteiger partial charge in [-0.2, -0.15) is 0 Å². The second kappa shape index (κ2) is 13.2. The summed E-state index contributed by atoms with van der Waals surface area (Å²) < 4.78 is 6.30. The molecular formula is C54H35NO. The first kappa shape index (κ1) is 32.0. The van der Waals surface area contributed by atoms with Crippen molar-refractivity contribution >= 4 is 71.3 Å². The van der Waals surface area contributed by atoms with Crippen LogP contribution in [-0.4, -0.2) is 0 Å². The molecule has 0 aliphatic carbocycles. The Morgan fingerprint density at radius 3 is 1.73 bits per heavy atom. The minimum atomic E-state index is 0.910. The highest BCUT2D eigenvalue weighted by Gasteiger charge is 2.20. The molecule has 0 atom stereocenters. The van der Waals surface area contributed by atoms with Gasteiger partial charge in [0.1, 0.15) is 11.2 Å². The van der Waals surface area contributed by atoms with Crippen molar-refractivity contribution in [2.75, 3.05) is 4.90 Å². The monoisotopic (exact) mass is 713 g/mol. The highest BCUT2D eigenvalue weighted by Crippen LogP contribution is 2.45. The summed E-state index contributed by atoms with van der Waals surface area (Å²) in [7, 11) is 0. The Morgan fingerprint density at radius 2 is 0.893 bits per heavy atom. The highest BCUT2D eigenvalue weighted by atomic mass is 16.3. The zero-order valence-electron chi connectivity index (χ0n) is 30.6. The van der Waals surface area contributed by atoms with Gasteiger partial charge in [-0.25, -0.2) is 0 Å². The number of hydrogen-bond acceptors (Lipinski definition) is 2. The van der Waals surface area contributed by atoms with Gasteiger partial charge < -0.3 is 9.32 Å². The van der Waals surface area contributed by atoms with E-state index in [0.717, 1.165) is 55.5 Å². The molecule has 0 saturated carbocycles. The first-order valence-corrected chi connectivity index (χ1v) is 19.2. The van der Waals surface area contributed by atoms with Crippen LogP contribution in [0.4, 0.5) is 17.1 Å². The molecule has 1 heterocycles. The number of anilines is 3. The molecule has 11 rings (SSSR count). The smallest absolute Gasteiger partial charge is 0.136 e. The lowest BCUT2D eigenvalue weighted by Gasteiger charge is -2.29. The molecule has 11 aromatic rings. The van der Waals surface area contributed by atoms with Crippen LogP contribution in [0.25, 0.3) is 87.6 Å². The molecule has 0 spiro atoms. The van der Waals surface area contributed by atoms with Crippen LogP contribution in [0.15, 0.2) is 217 Å². The normalized spacial score (nSPS) is 11.6. The molecule has 0 aliphatic rings. The van der Waals surface area contributed by atoms with Gasteiger partial charge in [0.2, 0.25) is 0 Å². The third-order valence-corrected chi connectivity index (χ3v) is 11.2. The van der Waals surface area contributed by atoms with Crippen LogP contribution in [0.1, 0.15) is 0 Å². The minimum absolute atomic E-state index is 0.910. The summed E-state index contributed by atoms with van der Waals surface area (Å²) in [5.74, 6) is 0. The van der Waals surface area contributed by atoms with Gasteiger partial charge in [-0.3, -0.25) is 0 Å². The van der Waals surface area contributed by atoms with E-state index in [1.807, 2.05) is 12.1 Å². The molecule has 262 valence electrons. The van der Waals surface area contributed by atoms with Gasteiger partial charge in [-0.1, -0.05) is 158 Å². The molecule has 0 bridgehead atoms. The summed E-state index contributed by atoms with van der Waals surface area (Å²) in [6.45, 7) is 0. The summed E-state index contributed by atoms with van der Waals surface area (Å²) in [5, 5.41) is 9.51. The fraction of sp³-hybridized carbons (Fsp3) is 0. The zero-order valence-corrected chi connectivity index (χ0v) is 30.6. The maximum Gasteiger partial charge on any atom is 0.136 e. The second-order valence-corrected chi connectivity index (χ2v) is 14.5. The summed E-state index contributed by atoms with van der Waals surface area (Å²) in [6, 6.07) is 76.7. The Labute approximate surface area is 325 Å². The molecule has 0 fully saturated rings. The quantitative estimate of drug-likeness (QED) is 0.160. The van der Waals surface area contributed by atoms with Crippen molar-refractivity contribution in [2.45, 2.75) is 0 Å². The first-order chi connectivity index (χ1) is 27.7. The molecule has 0 amide bonds. The molecular weight excluding hydrogens is 679 g/mol. The highest BCUT2D eigenvalue weighted by molar-refractivity contribution is 6.17. The number of furan rings is 1. The Balaban J connectivity index is 1.15. The van der Waals surface area contributed by atoms with E-state index in [4.69, 9.17) is 4.42 Å². The Bertz CT molecular complexity index is 3230. The maximum absolute atomic E-state index is 6.30. The third-order valence-electron chi connectivity index (χ3n) is 11.2. The zero-order chi connectivity index (χ0) is 37.0. The molecule has 1 aromatic heterocycles. The van der Waals surface area contributed by atoms with Gasteiger partial charge in [-0.15, -0.1) is 0 Å². The molecule has 10 aromatic carbocycles. The van der Waals surface area contributed by atoms with E-state index < -0.39 is 0 Å². The number of hydrogen-bond donors (Lipinski definition) is 0. The van der Waals surface area contributed by atoms with Crippen molar-refractivity contribution in [3.8, 4) is 33.4 Å². The molecule has 56 heavy (non-hydrogen) atoms. The van der Waals surface area contributed by atoms with Gasteiger partial charge >= 0.3 is 0 Å². The molecule has 2 nitrogen and oxygen atoms in total. The van der Waals surface area contributed by atoms with E-state index in [1.165, 1.54) is 49.2 Å². The van der Waals surface area contributed by atoms with E-state index in [-0.39, 0.29) is 0 Å². The van der Waals surface area contributed by atoms with Crippen LogP contribution < -0.4 is 4.90 Å². The van der Waals surface area contributed by atoms with Crippen LogP contribution >= 0.6 is 0 Å². The van der Waals surface area contributed by atoms with Gasteiger partial charge in [-0.05, 0) is 115 Å². The van der Waals surface area contributed by atoms with Crippen molar-refractivity contribution in [3.63, 3.8) is 0 Å². The summed E-state index contributed by atoms with van der Waals surface area (Å²) in [4.78, 5) is 2.42. The van der Waals surface area contributed by atoms with E-state index in [1.54, 1.807) is 0 Å². The van der Waals surface area contributed by atoms with E-state index in [9.17, 15) is 0 Å². The van der Waals surface area contributed by atoms with Crippen molar-refractivity contribution in [1.82, 2.24) is 0 Å². The summed E-state index contributed by atoms with van der Waals surface area (Å²) in [5.41, 5.74) is 12.2. The van der Waals surface area contributed by atoms with Crippen molar-refractivity contribution in [3.05, 3.63) is 212 Å². The number of benzene rings is 10. The average Bonchev–Trinajstić information content (AvgIpc) is 3.64. The fourth-order valence-electron chi connectivity index (χ4n) is 8.49. The predicted molar refractivity (Wildman–Crippen MR) is 237 cm³/mol. The number of nitrogens with zero attached hydrogens (tertiary/aromatic N) is 1. The van der Waals surface area contributed by atoms with Crippen LogP contribution in [0.3, 0.4) is 0 Å². The lowest BCUT2D eigenvalue weighted by Crippen LogP contribution is -2.11. The summed E-state index contributed by atoms with van der Waals surface area (Å²) in [6.07, 6.45) is 0. The number of para-hydroxylation sites is 1. The van der Waals surface area contributed by atoms with E-state index >= 15 is 0 Å². The number of fused-ring (bicyclic) bond motifs is 7. The Kier molecular flexibility index (Phi) is 7.53. The fourth-order valence-corrected chi connectivity index (χ4v) is 8.49. The largest absolute Gasteiger partial charge is 0.456 e. The minimum Gasteiger partial charge on any atom is -0.456 e. The molecule has 2 heteroatoms. The average molecular weight is 714 g/mol. The SMILES string of the molecule is c1ccc(-c2ccc(N(c3ccc4ccc5cc6oc7ccccc7c6cc5c4c3)c3ccc(-c4cccc5ccccc45)cc3-c3ccccc3)cc2)cc1. The molecule has 0 radical (unpaired) electrons. The van der Waals surface area contributed by atoms with Gasteiger partial charge in [0.25, 0.3) is 0 Å². The second-order valence-electron chi connectivity index (χ2n) is 14.5.